The fourth-order valence-electron chi connectivity index (χ4n) is 1.25. The number of carbonyl (C=O) groups is 1. The van der Waals surface area contributed by atoms with E-state index in [1.807, 2.05) is 12.3 Å². The molecule has 3 N–H and O–H groups in total. The standard InChI is InChI=1S/C9H14N4O/c10-9(2-3-9)8(14)11-5-7-13-6-1-4-12-13/h1,4,6H,2-3,5,7,10H2,(H,11,14). The Hall–Kier alpha value is -1.36. The minimum Gasteiger partial charge on any atom is -0.353 e. The van der Waals surface area contributed by atoms with Crippen LogP contribution in [0, 0.1) is 0 Å². The Balaban J connectivity index is 1.71. The van der Waals surface area contributed by atoms with Crippen LogP contribution in [0.15, 0.2) is 18.5 Å². The normalized spacial score (nSPS) is 17.8. The van der Waals surface area contributed by atoms with Gasteiger partial charge in [0.05, 0.1) is 12.1 Å². The molecule has 0 bridgehead atoms. The van der Waals surface area contributed by atoms with Crippen LogP contribution in [-0.4, -0.2) is 27.8 Å². The summed E-state index contributed by atoms with van der Waals surface area (Å²) in [5.41, 5.74) is 5.15. The summed E-state index contributed by atoms with van der Waals surface area (Å²) in [6, 6.07) is 1.85. The maximum Gasteiger partial charge on any atom is 0.240 e. The Morgan fingerprint density at radius 2 is 2.43 bits per heavy atom. The number of rotatable bonds is 4. The number of aromatic nitrogens is 2. The summed E-state index contributed by atoms with van der Waals surface area (Å²) >= 11 is 0. The smallest absolute Gasteiger partial charge is 0.240 e. The van der Waals surface area contributed by atoms with Crippen LogP contribution in [0.4, 0.5) is 0 Å². The van der Waals surface area contributed by atoms with Crippen molar-refractivity contribution in [1.29, 1.82) is 0 Å². The van der Waals surface area contributed by atoms with Gasteiger partial charge in [-0.3, -0.25) is 9.48 Å². The van der Waals surface area contributed by atoms with E-state index in [0.717, 1.165) is 12.8 Å². The van der Waals surface area contributed by atoms with E-state index in [-0.39, 0.29) is 5.91 Å². The molecule has 1 heterocycles. The van der Waals surface area contributed by atoms with Crippen LogP contribution in [0.5, 0.6) is 0 Å². The third-order valence-electron chi connectivity index (χ3n) is 2.43. The molecule has 1 aromatic heterocycles. The summed E-state index contributed by atoms with van der Waals surface area (Å²) in [6.07, 6.45) is 5.19. The van der Waals surface area contributed by atoms with Crippen molar-refractivity contribution in [3.05, 3.63) is 18.5 Å². The highest BCUT2D eigenvalue weighted by atomic mass is 16.2. The molecule has 1 saturated carbocycles. The van der Waals surface area contributed by atoms with Gasteiger partial charge in [-0.25, -0.2) is 0 Å². The third kappa shape index (κ3) is 1.93. The summed E-state index contributed by atoms with van der Waals surface area (Å²) in [6.45, 7) is 1.27. The van der Waals surface area contributed by atoms with E-state index in [1.165, 1.54) is 0 Å². The fourth-order valence-corrected chi connectivity index (χ4v) is 1.25. The number of nitrogens with two attached hydrogens (primary N) is 1. The number of hydrogen-bond acceptors (Lipinski definition) is 3. The number of amides is 1. The van der Waals surface area contributed by atoms with Crippen LogP contribution in [0.2, 0.25) is 0 Å². The van der Waals surface area contributed by atoms with Crippen LogP contribution in [-0.2, 0) is 11.3 Å². The first-order chi connectivity index (χ1) is 6.71. The molecule has 2 rings (SSSR count). The lowest BCUT2D eigenvalue weighted by molar-refractivity contribution is -0.123. The lowest BCUT2D eigenvalue weighted by Gasteiger charge is -2.09. The molecular weight excluding hydrogens is 180 g/mol. The summed E-state index contributed by atoms with van der Waals surface area (Å²) in [7, 11) is 0. The largest absolute Gasteiger partial charge is 0.353 e. The topological polar surface area (TPSA) is 72.9 Å². The number of nitrogens with zero attached hydrogens (tertiary/aromatic N) is 2. The van der Waals surface area contributed by atoms with Crippen molar-refractivity contribution in [2.24, 2.45) is 5.73 Å². The van der Waals surface area contributed by atoms with E-state index < -0.39 is 5.54 Å². The number of hydrogen-bond donors (Lipinski definition) is 2. The molecule has 0 aromatic carbocycles. The molecule has 5 heteroatoms. The van der Waals surface area contributed by atoms with Gasteiger partial charge in [0.1, 0.15) is 0 Å². The first kappa shape index (κ1) is 9.21. The van der Waals surface area contributed by atoms with E-state index in [0.29, 0.717) is 13.1 Å². The number of carbonyl (C=O) groups excluding carboxylic acids is 1. The van der Waals surface area contributed by atoms with Gasteiger partial charge in [0.2, 0.25) is 5.91 Å². The molecule has 0 spiro atoms. The second-order valence-electron chi connectivity index (χ2n) is 3.68. The highest BCUT2D eigenvalue weighted by molar-refractivity contribution is 5.88. The molecule has 1 fully saturated rings. The van der Waals surface area contributed by atoms with Crippen molar-refractivity contribution in [3.8, 4) is 0 Å². The lowest BCUT2D eigenvalue weighted by Crippen LogP contribution is -2.43. The average Bonchev–Trinajstić information content (AvgIpc) is 2.73. The predicted octanol–water partition coefficient (Wildman–Crippen LogP) is -0.509. The van der Waals surface area contributed by atoms with Gasteiger partial charge in [-0.15, -0.1) is 0 Å². The Kier molecular flexibility index (Phi) is 2.25. The molecule has 5 nitrogen and oxygen atoms in total. The van der Waals surface area contributed by atoms with E-state index in [4.69, 9.17) is 5.73 Å². The second kappa shape index (κ2) is 3.42. The molecule has 14 heavy (non-hydrogen) atoms. The Morgan fingerprint density at radius 1 is 1.64 bits per heavy atom. The van der Waals surface area contributed by atoms with Gasteiger partial charge < -0.3 is 11.1 Å². The summed E-state index contributed by atoms with van der Waals surface area (Å²) < 4.78 is 1.77. The van der Waals surface area contributed by atoms with Crippen molar-refractivity contribution in [3.63, 3.8) is 0 Å². The zero-order chi connectivity index (χ0) is 10.0. The first-order valence-corrected chi connectivity index (χ1v) is 4.75. The van der Waals surface area contributed by atoms with Crippen LogP contribution < -0.4 is 11.1 Å². The van der Waals surface area contributed by atoms with Crippen LogP contribution in [0.25, 0.3) is 0 Å². The first-order valence-electron chi connectivity index (χ1n) is 4.75. The minimum absolute atomic E-state index is 0.0374. The zero-order valence-corrected chi connectivity index (χ0v) is 7.94. The SMILES string of the molecule is NC1(C(=O)NCCn2cccn2)CC1. The number of nitrogens with one attached hydrogen (secondary N) is 1. The van der Waals surface area contributed by atoms with E-state index in [9.17, 15) is 4.79 Å². The van der Waals surface area contributed by atoms with Gasteiger partial charge in [0, 0.05) is 18.9 Å². The van der Waals surface area contributed by atoms with Gasteiger partial charge in [0.15, 0.2) is 0 Å². The molecule has 0 radical (unpaired) electrons. The van der Waals surface area contributed by atoms with Crippen LogP contribution in [0.1, 0.15) is 12.8 Å². The minimum atomic E-state index is -0.565. The fraction of sp³-hybridized carbons (Fsp3) is 0.556. The van der Waals surface area contributed by atoms with E-state index >= 15 is 0 Å². The van der Waals surface area contributed by atoms with Crippen molar-refractivity contribution in [2.75, 3.05) is 6.54 Å². The quantitative estimate of drug-likeness (QED) is 0.678. The average molecular weight is 194 g/mol. The van der Waals surface area contributed by atoms with E-state index in [2.05, 4.69) is 10.4 Å². The molecule has 0 saturated heterocycles. The molecule has 0 unspecified atom stereocenters. The van der Waals surface area contributed by atoms with Crippen molar-refractivity contribution in [2.45, 2.75) is 24.9 Å². The summed E-state index contributed by atoms with van der Waals surface area (Å²) in [5, 5.41) is 6.82. The summed E-state index contributed by atoms with van der Waals surface area (Å²) in [4.78, 5) is 11.4. The molecule has 1 aliphatic rings. The van der Waals surface area contributed by atoms with Gasteiger partial charge in [-0.2, -0.15) is 5.10 Å². The highest BCUT2D eigenvalue weighted by Crippen LogP contribution is 2.31. The maximum atomic E-state index is 11.4. The summed E-state index contributed by atoms with van der Waals surface area (Å²) in [5.74, 6) is -0.0374. The Morgan fingerprint density at radius 3 is 3.00 bits per heavy atom. The maximum absolute atomic E-state index is 11.4. The van der Waals surface area contributed by atoms with Crippen LogP contribution >= 0.6 is 0 Å². The zero-order valence-electron chi connectivity index (χ0n) is 7.94. The highest BCUT2D eigenvalue weighted by Gasteiger charge is 2.45. The van der Waals surface area contributed by atoms with E-state index in [1.54, 1.807) is 10.9 Å². The van der Waals surface area contributed by atoms with Crippen molar-refractivity contribution in [1.82, 2.24) is 15.1 Å². The van der Waals surface area contributed by atoms with Gasteiger partial charge in [0.25, 0.3) is 0 Å². The van der Waals surface area contributed by atoms with Crippen molar-refractivity contribution >= 4 is 5.91 Å². The second-order valence-corrected chi connectivity index (χ2v) is 3.68. The molecule has 0 atom stereocenters. The monoisotopic (exact) mass is 194 g/mol. The molecule has 1 aromatic rings. The predicted molar refractivity (Wildman–Crippen MR) is 51.4 cm³/mol. The lowest BCUT2D eigenvalue weighted by atomic mass is 10.3. The molecular formula is C9H14N4O. The van der Waals surface area contributed by atoms with Crippen LogP contribution in [0.3, 0.4) is 0 Å². The molecule has 1 amide bonds. The van der Waals surface area contributed by atoms with Gasteiger partial charge in [-0.05, 0) is 18.9 Å². The van der Waals surface area contributed by atoms with Gasteiger partial charge >= 0.3 is 0 Å². The molecule has 76 valence electrons. The van der Waals surface area contributed by atoms with Gasteiger partial charge in [-0.1, -0.05) is 0 Å². The Labute approximate surface area is 82.3 Å². The molecule has 0 aliphatic heterocycles. The Bertz CT molecular complexity index is 316. The van der Waals surface area contributed by atoms with Crippen molar-refractivity contribution < 1.29 is 4.79 Å². The third-order valence-corrected chi connectivity index (χ3v) is 2.43. The molecule has 1 aliphatic carbocycles.